The molecule has 0 spiro atoms. The zero-order valence-corrected chi connectivity index (χ0v) is 12.1. The van der Waals surface area contributed by atoms with Crippen LogP contribution in [0, 0.1) is 5.82 Å². The highest BCUT2D eigenvalue weighted by atomic mass is 32.2. The van der Waals surface area contributed by atoms with Crippen LogP contribution in [-0.2, 0) is 16.2 Å². The average molecular weight is 333 g/mol. The Morgan fingerprint density at radius 1 is 1.00 bits per heavy atom. The van der Waals surface area contributed by atoms with Crippen LogP contribution in [0.4, 0.5) is 23.2 Å². The van der Waals surface area contributed by atoms with E-state index in [1.165, 1.54) is 6.07 Å². The van der Waals surface area contributed by atoms with Gasteiger partial charge in [-0.2, -0.15) is 13.2 Å². The van der Waals surface area contributed by atoms with E-state index < -0.39 is 27.6 Å². The third-order valence-electron chi connectivity index (χ3n) is 3.01. The molecule has 0 N–H and O–H groups in total. The molecule has 3 nitrogen and oxygen atoms in total. The molecule has 8 heteroatoms. The molecule has 0 bridgehead atoms. The first-order valence-electron chi connectivity index (χ1n) is 6.04. The lowest BCUT2D eigenvalue weighted by Crippen LogP contribution is -2.26. The van der Waals surface area contributed by atoms with E-state index in [1.807, 2.05) is 0 Å². The lowest BCUT2D eigenvalue weighted by molar-refractivity contribution is -0.137. The summed E-state index contributed by atoms with van der Waals surface area (Å²) in [6.45, 7) is 0. The summed E-state index contributed by atoms with van der Waals surface area (Å²) < 4.78 is 76.3. The summed E-state index contributed by atoms with van der Waals surface area (Å²) in [5.74, 6) is -0.610. The van der Waals surface area contributed by atoms with Crippen LogP contribution in [0.25, 0.3) is 0 Å². The van der Waals surface area contributed by atoms with Gasteiger partial charge in [0.25, 0.3) is 10.0 Å². The highest BCUT2D eigenvalue weighted by molar-refractivity contribution is 7.92. The highest BCUT2D eigenvalue weighted by Crippen LogP contribution is 2.32. The lowest BCUT2D eigenvalue weighted by Gasteiger charge is -2.20. The molecular formula is C14H11F4NO2S. The number of benzene rings is 2. The minimum absolute atomic E-state index is 0.140. The number of hydrogen-bond donors (Lipinski definition) is 0. The minimum Gasteiger partial charge on any atom is -0.269 e. The average Bonchev–Trinajstić information content (AvgIpc) is 2.46. The second kappa shape index (κ2) is 5.60. The van der Waals surface area contributed by atoms with Crippen LogP contribution >= 0.6 is 0 Å². The fourth-order valence-corrected chi connectivity index (χ4v) is 2.97. The molecule has 0 heterocycles. The van der Waals surface area contributed by atoms with Crippen molar-refractivity contribution in [3.63, 3.8) is 0 Å². The van der Waals surface area contributed by atoms with E-state index >= 15 is 0 Å². The molecule has 0 saturated carbocycles. The molecule has 0 aliphatic carbocycles. The van der Waals surface area contributed by atoms with Gasteiger partial charge in [0, 0.05) is 7.05 Å². The van der Waals surface area contributed by atoms with E-state index in [9.17, 15) is 26.0 Å². The number of hydrogen-bond acceptors (Lipinski definition) is 2. The van der Waals surface area contributed by atoms with Crippen molar-refractivity contribution in [1.82, 2.24) is 0 Å². The molecule has 0 fully saturated rings. The maximum Gasteiger partial charge on any atom is 0.416 e. The molecule has 0 aliphatic heterocycles. The Hall–Kier alpha value is -2.09. The summed E-state index contributed by atoms with van der Waals surface area (Å²) in [7, 11) is -2.94. The van der Waals surface area contributed by atoms with Gasteiger partial charge in [-0.05, 0) is 42.5 Å². The molecule has 118 valence electrons. The van der Waals surface area contributed by atoms with Gasteiger partial charge < -0.3 is 0 Å². The highest BCUT2D eigenvalue weighted by Gasteiger charge is 2.31. The third kappa shape index (κ3) is 3.22. The summed E-state index contributed by atoms with van der Waals surface area (Å²) >= 11 is 0. The molecule has 0 unspecified atom stereocenters. The molecular weight excluding hydrogens is 322 g/mol. The summed E-state index contributed by atoms with van der Waals surface area (Å²) in [5, 5.41) is 0. The first-order valence-corrected chi connectivity index (χ1v) is 7.48. The topological polar surface area (TPSA) is 37.4 Å². The van der Waals surface area contributed by atoms with Crippen molar-refractivity contribution in [2.75, 3.05) is 11.4 Å². The predicted molar refractivity (Wildman–Crippen MR) is 73.4 cm³/mol. The second-order valence-electron chi connectivity index (χ2n) is 4.47. The van der Waals surface area contributed by atoms with E-state index in [0.29, 0.717) is 0 Å². The second-order valence-corrected chi connectivity index (χ2v) is 6.44. The summed E-state index contributed by atoms with van der Waals surface area (Å²) in [6, 6.07) is 7.98. The summed E-state index contributed by atoms with van der Waals surface area (Å²) in [5.41, 5.74) is -1.09. The number of anilines is 1. The molecule has 0 aliphatic rings. The Bertz CT molecular complexity index is 770. The molecule has 0 saturated heterocycles. The van der Waals surface area contributed by atoms with Gasteiger partial charge in [0.2, 0.25) is 0 Å². The minimum atomic E-state index is -4.57. The lowest BCUT2D eigenvalue weighted by atomic mass is 10.2. The van der Waals surface area contributed by atoms with E-state index in [2.05, 4.69) is 0 Å². The normalized spacial score (nSPS) is 12.2. The zero-order chi connectivity index (χ0) is 16.5. The number of alkyl halides is 3. The van der Waals surface area contributed by atoms with Crippen molar-refractivity contribution in [1.29, 1.82) is 0 Å². The first-order chi connectivity index (χ1) is 10.1. The van der Waals surface area contributed by atoms with E-state index in [1.54, 1.807) is 0 Å². The standard InChI is InChI=1S/C14H11F4NO2S/c1-19(12-4-2-3-10(9-12)14(16,17)18)22(20,21)13-7-5-11(15)6-8-13/h2-9H,1H3. The monoisotopic (exact) mass is 333 g/mol. The number of halogens is 4. The van der Waals surface area contributed by atoms with Crippen LogP contribution in [0.5, 0.6) is 0 Å². The van der Waals surface area contributed by atoms with Crippen LogP contribution in [0.2, 0.25) is 0 Å². The maximum absolute atomic E-state index is 12.8. The zero-order valence-electron chi connectivity index (χ0n) is 11.3. The van der Waals surface area contributed by atoms with Crippen molar-refractivity contribution < 1.29 is 26.0 Å². The molecule has 0 radical (unpaired) electrons. The van der Waals surface area contributed by atoms with Gasteiger partial charge in [0.1, 0.15) is 5.82 Å². The van der Waals surface area contributed by atoms with E-state index in [4.69, 9.17) is 0 Å². The maximum atomic E-state index is 12.8. The van der Waals surface area contributed by atoms with E-state index in [0.717, 1.165) is 53.8 Å². The Labute approximate surface area is 124 Å². The summed E-state index contributed by atoms with van der Waals surface area (Å²) in [4.78, 5) is -0.214. The van der Waals surface area contributed by atoms with Crippen LogP contribution < -0.4 is 4.31 Å². The smallest absolute Gasteiger partial charge is 0.269 e. The molecule has 0 aromatic heterocycles. The molecule has 0 atom stereocenters. The van der Waals surface area contributed by atoms with Gasteiger partial charge in [-0.3, -0.25) is 4.31 Å². The van der Waals surface area contributed by atoms with E-state index in [-0.39, 0.29) is 10.6 Å². The molecule has 0 amide bonds. The van der Waals surface area contributed by atoms with Crippen LogP contribution in [-0.4, -0.2) is 15.5 Å². The van der Waals surface area contributed by atoms with Crippen molar-refractivity contribution >= 4 is 15.7 Å². The van der Waals surface area contributed by atoms with Gasteiger partial charge in [-0.15, -0.1) is 0 Å². The number of sulfonamides is 1. The number of rotatable bonds is 3. The van der Waals surface area contributed by atoms with Crippen molar-refractivity contribution in [2.24, 2.45) is 0 Å². The Morgan fingerprint density at radius 3 is 2.14 bits per heavy atom. The van der Waals surface area contributed by atoms with Gasteiger partial charge in [0.15, 0.2) is 0 Å². The van der Waals surface area contributed by atoms with Crippen molar-refractivity contribution in [2.45, 2.75) is 11.1 Å². The summed E-state index contributed by atoms with van der Waals surface area (Å²) in [6.07, 6.45) is -4.57. The Morgan fingerprint density at radius 2 is 1.59 bits per heavy atom. The SMILES string of the molecule is CN(c1cccc(C(F)(F)F)c1)S(=O)(=O)c1ccc(F)cc1. The van der Waals surface area contributed by atoms with Gasteiger partial charge >= 0.3 is 6.18 Å². The van der Waals surface area contributed by atoms with Crippen LogP contribution in [0.15, 0.2) is 53.4 Å². The quantitative estimate of drug-likeness (QED) is 0.804. The Balaban J connectivity index is 2.43. The van der Waals surface area contributed by atoms with Gasteiger partial charge in [-0.1, -0.05) is 6.07 Å². The predicted octanol–water partition coefficient (Wildman–Crippen LogP) is 3.67. The van der Waals surface area contributed by atoms with Gasteiger partial charge in [-0.25, -0.2) is 12.8 Å². The third-order valence-corrected chi connectivity index (χ3v) is 4.81. The fourth-order valence-electron chi connectivity index (χ4n) is 1.78. The molecule has 2 aromatic rings. The van der Waals surface area contributed by atoms with Crippen molar-refractivity contribution in [3.8, 4) is 0 Å². The molecule has 2 aromatic carbocycles. The first kappa shape index (κ1) is 16.3. The fraction of sp³-hybridized carbons (Fsp3) is 0.143. The Kier molecular flexibility index (Phi) is 4.15. The van der Waals surface area contributed by atoms with Gasteiger partial charge in [0.05, 0.1) is 16.1 Å². The number of nitrogens with zero attached hydrogens (tertiary/aromatic N) is 1. The largest absolute Gasteiger partial charge is 0.416 e. The van der Waals surface area contributed by atoms with Crippen molar-refractivity contribution in [3.05, 3.63) is 59.9 Å². The molecule has 2 rings (SSSR count). The van der Waals surface area contributed by atoms with Crippen LogP contribution in [0.1, 0.15) is 5.56 Å². The molecule has 22 heavy (non-hydrogen) atoms. The van der Waals surface area contributed by atoms with Crippen LogP contribution in [0.3, 0.4) is 0 Å².